The van der Waals surface area contributed by atoms with Gasteiger partial charge in [-0.05, 0) is 37.3 Å². The summed E-state index contributed by atoms with van der Waals surface area (Å²) in [6.07, 6.45) is 4.65. The van der Waals surface area contributed by atoms with Crippen molar-refractivity contribution < 1.29 is 23.8 Å². The van der Waals surface area contributed by atoms with Crippen LogP contribution in [-0.4, -0.2) is 24.1 Å². The van der Waals surface area contributed by atoms with Gasteiger partial charge in [-0.1, -0.05) is 24.3 Å². The van der Waals surface area contributed by atoms with Crippen molar-refractivity contribution in [3.8, 4) is 5.75 Å². The van der Waals surface area contributed by atoms with Crippen molar-refractivity contribution in [2.24, 2.45) is 23.7 Å². The predicted molar refractivity (Wildman–Crippen MR) is 94.7 cm³/mol. The zero-order chi connectivity index (χ0) is 18.4. The van der Waals surface area contributed by atoms with Crippen LogP contribution in [0.4, 0.5) is 0 Å². The molecule has 2 aliphatic rings. The number of fused-ring (bicyclic) bond motifs is 3. The maximum absolute atomic E-state index is 12.8. The first-order valence-electron chi connectivity index (χ1n) is 8.77. The SMILES string of the molecule is COc1cccc2cc([C@H](C)NC(=O)[C@@H]3[C@H](C(=O)O)[C@H]4C=C[C@H]3C4)oc12. The Bertz CT molecular complexity index is 899. The van der Waals surface area contributed by atoms with Crippen LogP contribution >= 0.6 is 0 Å². The largest absolute Gasteiger partial charge is 0.493 e. The highest BCUT2D eigenvalue weighted by molar-refractivity contribution is 5.87. The number of benzene rings is 1. The molecular formula is C20H21NO5. The van der Waals surface area contributed by atoms with Crippen LogP contribution in [0.25, 0.3) is 11.0 Å². The molecule has 6 heteroatoms. The Labute approximate surface area is 150 Å². The molecule has 6 nitrogen and oxygen atoms in total. The van der Waals surface area contributed by atoms with Crippen LogP contribution in [0.15, 0.2) is 40.8 Å². The molecule has 26 heavy (non-hydrogen) atoms. The van der Waals surface area contributed by atoms with Gasteiger partial charge in [-0.2, -0.15) is 0 Å². The molecule has 136 valence electrons. The van der Waals surface area contributed by atoms with E-state index in [0.29, 0.717) is 17.1 Å². The first-order valence-corrected chi connectivity index (χ1v) is 8.77. The van der Waals surface area contributed by atoms with Crippen molar-refractivity contribution in [2.45, 2.75) is 19.4 Å². The van der Waals surface area contributed by atoms with Crippen LogP contribution in [0.5, 0.6) is 5.75 Å². The summed E-state index contributed by atoms with van der Waals surface area (Å²) in [5.41, 5.74) is 0.636. The number of carbonyl (C=O) groups excluding carboxylic acids is 1. The number of nitrogens with one attached hydrogen (secondary N) is 1. The summed E-state index contributed by atoms with van der Waals surface area (Å²) in [5, 5.41) is 13.3. The molecule has 2 aromatic rings. The minimum Gasteiger partial charge on any atom is -0.493 e. The number of carbonyl (C=O) groups is 2. The summed E-state index contributed by atoms with van der Waals surface area (Å²) in [7, 11) is 1.58. The maximum atomic E-state index is 12.8. The highest BCUT2D eigenvalue weighted by Gasteiger charge is 2.51. The summed E-state index contributed by atoms with van der Waals surface area (Å²) in [4.78, 5) is 24.4. The van der Waals surface area contributed by atoms with Crippen molar-refractivity contribution in [2.75, 3.05) is 7.11 Å². The van der Waals surface area contributed by atoms with Crippen molar-refractivity contribution >= 4 is 22.8 Å². The van der Waals surface area contributed by atoms with E-state index in [4.69, 9.17) is 9.15 Å². The van der Waals surface area contributed by atoms with E-state index in [1.54, 1.807) is 7.11 Å². The van der Waals surface area contributed by atoms with E-state index < -0.39 is 17.8 Å². The number of furan rings is 1. The third-order valence-corrected chi connectivity index (χ3v) is 5.58. The molecule has 0 unspecified atom stereocenters. The third kappa shape index (κ3) is 2.57. The summed E-state index contributed by atoms with van der Waals surface area (Å²) in [6, 6.07) is 7.12. The van der Waals surface area contributed by atoms with Gasteiger partial charge < -0.3 is 19.6 Å². The Kier molecular flexibility index (Phi) is 3.98. The van der Waals surface area contributed by atoms with Gasteiger partial charge in [-0.15, -0.1) is 0 Å². The molecule has 1 heterocycles. The lowest BCUT2D eigenvalue weighted by Gasteiger charge is -2.25. The number of allylic oxidation sites excluding steroid dienone is 2. The van der Waals surface area contributed by atoms with Crippen LogP contribution in [0.1, 0.15) is 25.1 Å². The zero-order valence-corrected chi connectivity index (χ0v) is 14.6. The number of aliphatic carboxylic acids is 1. The number of carboxylic acid groups (broad SMARTS) is 1. The number of amides is 1. The summed E-state index contributed by atoms with van der Waals surface area (Å²) in [6.45, 7) is 1.83. The lowest BCUT2D eigenvalue weighted by molar-refractivity contribution is -0.148. The second-order valence-corrected chi connectivity index (χ2v) is 7.10. The van der Waals surface area contributed by atoms with Crippen molar-refractivity contribution in [1.82, 2.24) is 5.32 Å². The van der Waals surface area contributed by atoms with Gasteiger partial charge >= 0.3 is 5.97 Å². The highest BCUT2D eigenvalue weighted by atomic mass is 16.5. The number of carboxylic acids is 1. The van der Waals surface area contributed by atoms with E-state index in [2.05, 4.69) is 5.32 Å². The summed E-state index contributed by atoms with van der Waals surface area (Å²) in [5.74, 6) is -1.09. The van der Waals surface area contributed by atoms with E-state index in [9.17, 15) is 14.7 Å². The lowest BCUT2D eigenvalue weighted by Crippen LogP contribution is -2.41. The molecule has 5 atom stereocenters. The van der Waals surface area contributed by atoms with Crippen LogP contribution < -0.4 is 10.1 Å². The molecular weight excluding hydrogens is 334 g/mol. The van der Waals surface area contributed by atoms with Gasteiger partial charge in [0.2, 0.25) is 5.91 Å². The molecule has 0 radical (unpaired) electrons. The third-order valence-electron chi connectivity index (χ3n) is 5.58. The Morgan fingerprint density at radius 1 is 1.27 bits per heavy atom. The van der Waals surface area contributed by atoms with E-state index in [-0.39, 0.29) is 23.8 Å². The molecule has 1 aromatic carbocycles. The molecule has 4 rings (SSSR count). The standard InChI is InChI=1S/C20H21NO5/c1-10(15-9-13-4-3-5-14(25-2)18(13)26-15)21-19(22)16-11-6-7-12(8-11)17(16)20(23)24/h3-7,9-12,16-17H,8H2,1-2H3,(H,21,22)(H,23,24)/t10-,11-,12-,16-,17+/m0/s1. The van der Waals surface area contributed by atoms with E-state index >= 15 is 0 Å². The van der Waals surface area contributed by atoms with E-state index in [0.717, 1.165) is 11.8 Å². The highest BCUT2D eigenvalue weighted by Crippen LogP contribution is 2.48. The maximum Gasteiger partial charge on any atom is 0.307 e. The van der Waals surface area contributed by atoms with Crippen molar-refractivity contribution in [1.29, 1.82) is 0 Å². The fourth-order valence-corrected chi connectivity index (χ4v) is 4.33. The second-order valence-electron chi connectivity index (χ2n) is 7.10. The topological polar surface area (TPSA) is 88.8 Å². The smallest absolute Gasteiger partial charge is 0.307 e. The molecule has 0 spiro atoms. The average molecular weight is 355 g/mol. The molecule has 2 bridgehead atoms. The molecule has 0 aliphatic heterocycles. The lowest BCUT2D eigenvalue weighted by atomic mass is 9.82. The van der Waals surface area contributed by atoms with Gasteiger partial charge in [-0.25, -0.2) is 0 Å². The average Bonchev–Trinajstić information content (AvgIpc) is 3.33. The molecule has 2 aliphatic carbocycles. The molecule has 2 N–H and O–H groups in total. The first kappa shape index (κ1) is 16.7. The number of hydrogen-bond donors (Lipinski definition) is 2. The number of para-hydroxylation sites is 1. The monoisotopic (exact) mass is 355 g/mol. The fourth-order valence-electron chi connectivity index (χ4n) is 4.33. The second kappa shape index (κ2) is 6.20. The van der Waals surface area contributed by atoms with Crippen molar-refractivity contribution in [3.63, 3.8) is 0 Å². The molecule has 0 saturated heterocycles. The first-order chi connectivity index (χ1) is 12.5. The van der Waals surface area contributed by atoms with Crippen LogP contribution in [0, 0.1) is 23.7 Å². The van der Waals surface area contributed by atoms with Crippen LogP contribution in [-0.2, 0) is 9.59 Å². The summed E-state index contributed by atoms with van der Waals surface area (Å²) < 4.78 is 11.2. The quantitative estimate of drug-likeness (QED) is 0.805. The molecule has 1 aromatic heterocycles. The van der Waals surface area contributed by atoms with Crippen molar-refractivity contribution in [3.05, 3.63) is 42.2 Å². The Morgan fingerprint density at radius 3 is 2.69 bits per heavy atom. The number of hydrogen-bond acceptors (Lipinski definition) is 4. The number of ether oxygens (including phenoxy) is 1. The van der Waals surface area contributed by atoms with E-state index in [1.165, 1.54) is 0 Å². The Morgan fingerprint density at radius 2 is 2.00 bits per heavy atom. The predicted octanol–water partition coefficient (Wildman–Crippen LogP) is 3.14. The van der Waals surface area contributed by atoms with Gasteiger partial charge in [-0.3, -0.25) is 9.59 Å². The van der Waals surface area contributed by atoms with E-state index in [1.807, 2.05) is 43.3 Å². The molecule has 1 saturated carbocycles. The fraction of sp³-hybridized carbons (Fsp3) is 0.400. The minimum absolute atomic E-state index is 0.00377. The van der Waals surface area contributed by atoms with Gasteiger partial charge in [0.05, 0.1) is 25.0 Å². The normalized spacial score (nSPS) is 27.6. The number of methoxy groups -OCH3 is 1. The molecule has 1 fully saturated rings. The van der Waals surface area contributed by atoms with Crippen LogP contribution in [0.3, 0.4) is 0 Å². The minimum atomic E-state index is -0.900. The van der Waals surface area contributed by atoms with Gasteiger partial charge in [0.1, 0.15) is 5.76 Å². The van der Waals surface area contributed by atoms with Crippen LogP contribution in [0.2, 0.25) is 0 Å². The zero-order valence-electron chi connectivity index (χ0n) is 14.6. The Balaban J connectivity index is 1.55. The van der Waals surface area contributed by atoms with Gasteiger partial charge in [0, 0.05) is 5.39 Å². The molecule has 1 amide bonds. The van der Waals surface area contributed by atoms with Gasteiger partial charge in [0.25, 0.3) is 0 Å². The summed E-state index contributed by atoms with van der Waals surface area (Å²) >= 11 is 0. The number of rotatable bonds is 5. The van der Waals surface area contributed by atoms with Gasteiger partial charge in [0.15, 0.2) is 11.3 Å². The Hall–Kier alpha value is -2.76.